The van der Waals surface area contributed by atoms with Crippen molar-refractivity contribution in [1.82, 2.24) is 24.6 Å². The fraction of sp³-hybridized carbons (Fsp3) is 0.222. The van der Waals surface area contributed by atoms with E-state index in [1.807, 2.05) is 48.9 Å². The van der Waals surface area contributed by atoms with Gasteiger partial charge >= 0.3 is 0 Å². The zero-order chi connectivity index (χ0) is 17.1. The van der Waals surface area contributed by atoms with E-state index >= 15 is 0 Å². The molecule has 0 radical (unpaired) electrons. The summed E-state index contributed by atoms with van der Waals surface area (Å²) in [7, 11) is 1.76. The molecule has 0 aliphatic heterocycles. The number of aromatic nitrogens is 4. The molecule has 3 aromatic rings. The summed E-state index contributed by atoms with van der Waals surface area (Å²) in [6.45, 7) is 4.45. The van der Waals surface area contributed by atoms with Gasteiger partial charge in [-0.3, -0.25) is 9.78 Å². The van der Waals surface area contributed by atoms with E-state index in [1.54, 1.807) is 18.1 Å². The van der Waals surface area contributed by atoms with Gasteiger partial charge in [0, 0.05) is 37.2 Å². The minimum atomic E-state index is -0.158. The molecule has 0 N–H and O–H groups in total. The summed E-state index contributed by atoms with van der Waals surface area (Å²) in [6, 6.07) is 9.96. The molecule has 0 bridgehead atoms. The maximum Gasteiger partial charge on any atom is 0.274 e. The molecular formula is C18H19N5O. The highest BCUT2D eigenvalue weighted by Crippen LogP contribution is 2.19. The highest BCUT2D eigenvalue weighted by molar-refractivity contribution is 5.91. The van der Waals surface area contributed by atoms with Gasteiger partial charge in [-0.2, -0.15) is 5.10 Å². The molecule has 0 fully saturated rings. The molecule has 0 saturated heterocycles. The smallest absolute Gasteiger partial charge is 0.274 e. The first-order chi connectivity index (χ1) is 11.6. The van der Waals surface area contributed by atoms with Gasteiger partial charge in [0.15, 0.2) is 0 Å². The lowest BCUT2D eigenvalue weighted by Gasteiger charge is -2.17. The Labute approximate surface area is 140 Å². The topological polar surface area (TPSA) is 63.9 Å². The van der Waals surface area contributed by atoms with Gasteiger partial charge in [-0.25, -0.2) is 9.67 Å². The number of benzene rings is 1. The molecule has 6 heteroatoms. The van der Waals surface area contributed by atoms with E-state index in [0.29, 0.717) is 12.2 Å². The maximum atomic E-state index is 12.4. The maximum absolute atomic E-state index is 12.4. The van der Waals surface area contributed by atoms with Crippen LogP contribution in [0.4, 0.5) is 0 Å². The molecule has 0 atom stereocenters. The molecule has 1 aromatic carbocycles. The number of carbonyl (C=O) groups is 1. The van der Waals surface area contributed by atoms with Crippen LogP contribution in [0.15, 0.2) is 48.9 Å². The second-order valence-electron chi connectivity index (χ2n) is 5.65. The molecule has 3 rings (SSSR count). The quantitative estimate of drug-likeness (QED) is 0.741. The number of hydrogen-bond donors (Lipinski definition) is 0. The Balaban J connectivity index is 1.86. The van der Waals surface area contributed by atoms with Crippen molar-refractivity contribution in [2.45, 2.75) is 20.4 Å². The first-order valence-electron chi connectivity index (χ1n) is 7.70. The third-order valence-corrected chi connectivity index (χ3v) is 3.97. The van der Waals surface area contributed by atoms with Crippen LogP contribution in [0.1, 0.15) is 27.4 Å². The van der Waals surface area contributed by atoms with Crippen molar-refractivity contribution in [3.8, 4) is 5.69 Å². The molecule has 2 heterocycles. The average molecular weight is 321 g/mol. The molecule has 122 valence electrons. The van der Waals surface area contributed by atoms with Crippen molar-refractivity contribution in [1.29, 1.82) is 0 Å². The van der Waals surface area contributed by atoms with Crippen molar-refractivity contribution < 1.29 is 4.79 Å². The first-order valence-corrected chi connectivity index (χ1v) is 7.70. The van der Waals surface area contributed by atoms with E-state index < -0.39 is 0 Å². The van der Waals surface area contributed by atoms with E-state index in [4.69, 9.17) is 0 Å². The second kappa shape index (κ2) is 6.62. The Hall–Kier alpha value is -3.02. The summed E-state index contributed by atoms with van der Waals surface area (Å²) in [5.74, 6) is -0.158. The fourth-order valence-electron chi connectivity index (χ4n) is 2.64. The van der Waals surface area contributed by atoms with Gasteiger partial charge in [-0.15, -0.1) is 0 Å². The fourth-order valence-corrected chi connectivity index (χ4v) is 2.64. The molecule has 0 unspecified atom stereocenters. The zero-order valence-corrected chi connectivity index (χ0v) is 14.0. The first kappa shape index (κ1) is 15.9. The van der Waals surface area contributed by atoms with Crippen LogP contribution in [0.25, 0.3) is 5.69 Å². The number of carbonyl (C=O) groups excluding carboxylic acids is 1. The lowest BCUT2D eigenvalue weighted by molar-refractivity contribution is 0.0778. The van der Waals surface area contributed by atoms with Gasteiger partial charge in [0.05, 0.1) is 17.6 Å². The van der Waals surface area contributed by atoms with Gasteiger partial charge in [0.25, 0.3) is 5.91 Å². The number of nitrogens with zero attached hydrogens (tertiary/aromatic N) is 5. The van der Waals surface area contributed by atoms with Gasteiger partial charge in [-0.1, -0.05) is 18.2 Å². The predicted molar refractivity (Wildman–Crippen MR) is 90.9 cm³/mol. The SMILES string of the molecule is Cc1nn(-c2ccccc2)c(C)c1CN(C)C(=O)c1cnccn1. The molecule has 0 spiro atoms. The Morgan fingerprint density at radius 3 is 2.58 bits per heavy atom. The molecule has 2 aromatic heterocycles. The lowest BCUT2D eigenvalue weighted by atomic mass is 10.2. The number of aryl methyl sites for hydroxylation is 1. The number of amides is 1. The van der Waals surface area contributed by atoms with E-state index in [9.17, 15) is 4.79 Å². The number of rotatable bonds is 4. The third-order valence-electron chi connectivity index (χ3n) is 3.97. The van der Waals surface area contributed by atoms with Gasteiger partial charge in [-0.05, 0) is 26.0 Å². The molecule has 0 aliphatic carbocycles. The van der Waals surface area contributed by atoms with Crippen molar-refractivity contribution in [3.63, 3.8) is 0 Å². The molecule has 6 nitrogen and oxygen atoms in total. The summed E-state index contributed by atoms with van der Waals surface area (Å²) in [6.07, 6.45) is 4.55. The average Bonchev–Trinajstić information content (AvgIpc) is 2.90. The van der Waals surface area contributed by atoms with Crippen LogP contribution in [0.3, 0.4) is 0 Å². The molecule has 24 heavy (non-hydrogen) atoms. The standard InChI is InChI=1S/C18H19N5O/c1-13-16(12-22(3)18(24)17-11-19-9-10-20-17)14(2)23(21-13)15-7-5-4-6-8-15/h4-11H,12H2,1-3H3. The Kier molecular flexibility index (Phi) is 4.37. The van der Waals surface area contributed by atoms with Gasteiger partial charge < -0.3 is 4.90 Å². The van der Waals surface area contributed by atoms with E-state index in [-0.39, 0.29) is 5.91 Å². The van der Waals surface area contributed by atoms with Crippen LogP contribution in [0, 0.1) is 13.8 Å². The van der Waals surface area contributed by atoms with Crippen LogP contribution in [-0.4, -0.2) is 37.6 Å². The zero-order valence-electron chi connectivity index (χ0n) is 14.0. The van der Waals surface area contributed by atoms with Crippen molar-refractivity contribution >= 4 is 5.91 Å². The number of hydrogen-bond acceptors (Lipinski definition) is 4. The highest BCUT2D eigenvalue weighted by Gasteiger charge is 2.18. The molecule has 1 amide bonds. The summed E-state index contributed by atoms with van der Waals surface area (Å²) >= 11 is 0. The third kappa shape index (κ3) is 3.03. The van der Waals surface area contributed by atoms with Crippen LogP contribution < -0.4 is 0 Å². The summed E-state index contributed by atoms with van der Waals surface area (Å²) < 4.78 is 1.91. The monoisotopic (exact) mass is 321 g/mol. The molecular weight excluding hydrogens is 302 g/mol. The lowest BCUT2D eigenvalue weighted by Crippen LogP contribution is -2.27. The van der Waals surface area contributed by atoms with Gasteiger partial charge in [0.2, 0.25) is 0 Å². The van der Waals surface area contributed by atoms with Crippen LogP contribution >= 0.6 is 0 Å². The van der Waals surface area contributed by atoms with E-state index in [2.05, 4.69) is 15.1 Å². The minimum Gasteiger partial charge on any atom is -0.336 e. The normalized spacial score (nSPS) is 10.6. The largest absolute Gasteiger partial charge is 0.336 e. The minimum absolute atomic E-state index is 0.158. The van der Waals surface area contributed by atoms with Crippen molar-refractivity contribution in [3.05, 3.63) is 71.6 Å². The molecule has 0 aliphatic rings. The Morgan fingerprint density at radius 2 is 1.92 bits per heavy atom. The van der Waals surface area contributed by atoms with E-state index in [1.165, 1.54) is 12.4 Å². The van der Waals surface area contributed by atoms with Gasteiger partial charge in [0.1, 0.15) is 5.69 Å². The van der Waals surface area contributed by atoms with Crippen LogP contribution in [0.2, 0.25) is 0 Å². The summed E-state index contributed by atoms with van der Waals surface area (Å²) in [5.41, 5.74) is 4.32. The molecule has 0 saturated carbocycles. The van der Waals surface area contributed by atoms with E-state index in [0.717, 1.165) is 22.6 Å². The van der Waals surface area contributed by atoms with Crippen molar-refractivity contribution in [2.24, 2.45) is 0 Å². The highest BCUT2D eigenvalue weighted by atomic mass is 16.2. The predicted octanol–water partition coefficient (Wildman–Crippen LogP) is 2.55. The second-order valence-corrected chi connectivity index (χ2v) is 5.65. The van der Waals surface area contributed by atoms with Crippen LogP contribution in [0.5, 0.6) is 0 Å². The Bertz CT molecular complexity index is 843. The Morgan fingerprint density at radius 1 is 1.17 bits per heavy atom. The number of para-hydroxylation sites is 1. The van der Waals surface area contributed by atoms with Crippen molar-refractivity contribution in [2.75, 3.05) is 7.05 Å². The van der Waals surface area contributed by atoms with Crippen LogP contribution in [-0.2, 0) is 6.54 Å². The summed E-state index contributed by atoms with van der Waals surface area (Å²) in [5, 5.41) is 4.62. The summed E-state index contributed by atoms with van der Waals surface area (Å²) in [4.78, 5) is 22.1.